The molecule has 0 atom stereocenters. The van der Waals surface area contributed by atoms with Crippen molar-refractivity contribution >= 4 is 12.2 Å². The largest absolute Gasteiger partial charge is 0.477 e. The Morgan fingerprint density at radius 3 is 3.11 bits per heavy atom. The molecule has 0 aliphatic rings. The average molecular weight is 128 g/mol. The Kier molecular flexibility index (Phi) is 3.79. The highest BCUT2D eigenvalue weighted by atomic mass is 16.6. The lowest BCUT2D eigenvalue weighted by molar-refractivity contribution is -0.129. The van der Waals surface area contributed by atoms with Gasteiger partial charge in [-0.05, 0) is 0 Å². The van der Waals surface area contributed by atoms with Crippen molar-refractivity contribution in [2.24, 2.45) is 5.16 Å². The van der Waals surface area contributed by atoms with Crippen molar-refractivity contribution in [2.45, 2.75) is 0 Å². The van der Waals surface area contributed by atoms with Gasteiger partial charge in [0, 0.05) is 0 Å². The van der Waals surface area contributed by atoms with Crippen molar-refractivity contribution in [1.82, 2.24) is 0 Å². The van der Waals surface area contributed by atoms with Crippen molar-refractivity contribution in [2.75, 3.05) is 6.61 Å². The second kappa shape index (κ2) is 4.59. The number of aliphatic carboxylic acids is 1. The summed E-state index contributed by atoms with van der Waals surface area (Å²) < 4.78 is 0. The molecule has 0 saturated heterocycles. The average Bonchev–Trinajstić information content (AvgIpc) is 1.80. The fourth-order valence-electron chi connectivity index (χ4n) is 0.148. The van der Waals surface area contributed by atoms with Crippen LogP contribution >= 0.6 is 0 Å². The normalized spacial score (nSPS) is 8.78. The number of carbonyl (C=O) groups is 1. The molecule has 0 rings (SSSR count). The highest BCUT2D eigenvalue weighted by molar-refractivity contribution is 6.21. The Morgan fingerprint density at radius 1 is 2.00 bits per heavy atom. The van der Waals surface area contributed by atoms with Crippen LogP contribution in [0.25, 0.3) is 0 Å². The minimum absolute atomic E-state index is 0.232. The number of hydrogen-bond donors (Lipinski definition) is 1. The molecular weight excluding hydrogens is 124 g/mol. The Bertz CT molecular complexity index is 158. The number of hydrogen-bond acceptors (Lipinski definition) is 4. The molecule has 0 heterocycles. The lowest BCUT2D eigenvalue weighted by Crippen LogP contribution is -1.95. The number of carboxylic acids is 1. The second-order valence-electron chi connectivity index (χ2n) is 1.00. The molecule has 0 aromatic carbocycles. The zero-order valence-corrected chi connectivity index (χ0v) is 4.44. The Labute approximate surface area is 51.1 Å². The molecule has 48 valence electrons. The molecule has 0 spiro atoms. The molecule has 0 amide bonds. The molecule has 9 heavy (non-hydrogen) atoms. The number of carboxylic acid groups (broad SMARTS) is 1. The van der Waals surface area contributed by atoms with Gasteiger partial charge in [-0.1, -0.05) is 5.16 Å². The fourth-order valence-corrected chi connectivity index (χ4v) is 0.148. The lowest BCUT2D eigenvalue weighted by Gasteiger charge is -1.83. The van der Waals surface area contributed by atoms with Crippen LogP contribution in [0.5, 0.6) is 0 Å². The standard InChI is InChI=1S/C4H4N2O3/c5-1-2-9-6-3-4(7)8/h3H,2H2,(H,7,8)/b6-3+. The molecule has 1 N–H and O–H groups in total. The summed E-state index contributed by atoms with van der Waals surface area (Å²) in [5.74, 6) is -1.20. The second-order valence-corrected chi connectivity index (χ2v) is 1.00. The summed E-state index contributed by atoms with van der Waals surface area (Å²) in [5, 5.41) is 18.6. The number of nitriles is 1. The van der Waals surface area contributed by atoms with Gasteiger partial charge in [0.2, 0.25) is 6.61 Å². The van der Waals surface area contributed by atoms with E-state index in [2.05, 4.69) is 9.99 Å². The van der Waals surface area contributed by atoms with Gasteiger partial charge in [0.05, 0.1) is 0 Å². The van der Waals surface area contributed by atoms with Crippen molar-refractivity contribution < 1.29 is 14.7 Å². The molecule has 0 aromatic heterocycles. The SMILES string of the molecule is N#CCO/N=C/C(=O)O. The Morgan fingerprint density at radius 2 is 2.67 bits per heavy atom. The maximum Gasteiger partial charge on any atom is 0.350 e. The van der Waals surface area contributed by atoms with Gasteiger partial charge in [-0.15, -0.1) is 0 Å². The highest BCUT2D eigenvalue weighted by Crippen LogP contribution is 1.69. The van der Waals surface area contributed by atoms with Crippen molar-refractivity contribution in [1.29, 1.82) is 5.26 Å². The van der Waals surface area contributed by atoms with Gasteiger partial charge in [-0.3, -0.25) is 0 Å². The van der Waals surface area contributed by atoms with E-state index in [9.17, 15) is 4.79 Å². The molecule has 0 fully saturated rings. The number of nitrogens with zero attached hydrogens (tertiary/aromatic N) is 2. The van der Waals surface area contributed by atoms with E-state index in [1.165, 1.54) is 0 Å². The fraction of sp³-hybridized carbons (Fsp3) is 0.250. The van der Waals surface area contributed by atoms with Gasteiger partial charge in [-0.2, -0.15) is 5.26 Å². The molecule has 0 aromatic rings. The molecule has 0 saturated carbocycles. The van der Waals surface area contributed by atoms with Crippen LogP contribution in [0.1, 0.15) is 0 Å². The van der Waals surface area contributed by atoms with Gasteiger partial charge < -0.3 is 9.94 Å². The van der Waals surface area contributed by atoms with E-state index in [1.807, 2.05) is 0 Å². The lowest BCUT2D eigenvalue weighted by atomic mass is 10.8. The monoisotopic (exact) mass is 128 g/mol. The van der Waals surface area contributed by atoms with Crippen LogP contribution in [-0.2, 0) is 9.63 Å². The summed E-state index contributed by atoms with van der Waals surface area (Å²) in [7, 11) is 0. The maximum atomic E-state index is 9.65. The van der Waals surface area contributed by atoms with E-state index in [0.717, 1.165) is 0 Å². The maximum absolute atomic E-state index is 9.65. The van der Waals surface area contributed by atoms with Crippen molar-refractivity contribution in [3.8, 4) is 6.07 Å². The third-order valence-electron chi connectivity index (χ3n) is 0.367. The van der Waals surface area contributed by atoms with Crippen LogP contribution in [0.4, 0.5) is 0 Å². The van der Waals surface area contributed by atoms with Gasteiger partial charge in [0.1, 0.15) is 6.07 Å². The molecule has 0 unspecified atom stereocenters. The van der Waals surface area contributed by atoms with Crippen LogP contribution < -0.4 is 0 Å². The molecule has 5 nitrogen and oxygen atoms in total. The summed E-state index contributed by atoms with van der Waals surface area (Å²) in [6.07, 6.45) is 0.567. The number of oxime groups is 1. The zero-order valence-electron chi connectivity index (χ0n) is 4.44. The first-order chi connectivity index (χ1) is 4.27. The van der Waals surface area contributed by atoms with E-state index < -0.39 is 5.97 Å². The van der Waals surface area contributed by atoms with Gasteiger partial charge in [0.15, 0.2) is 6.21 Å². The molecular formula is C4H4N2O3. The van der Waals surface area contributed by atoms with Crippen LogP contribution in [0, 0.1) is 11.3 Å². The predicted octanol–water partition coefficient (Wildman–Crippen LogP) is -0.403. The van der Waals surface area contributed by atoms with Crippen LogP contribution in [0.15, 0.2) is 5.16 Å². The van der Waals surface area contributed by atoms with Crippen LogP contribution in [-0.4, -0.2) is 23.9 Å². The summed E-state index contributed by atoms with van der Waals surface area (Å²) in [6.45, 7) is -0.232. The molecule has 0 bridgehead atoms. The topological polar surface area (TPSA) is 82.7 Å². The quantitative estimate of drug-likeness (QED) is 0.318. The first kappa shape index (κ1) is 7.43. The highest BCUT2D eigenvalue weighted by Gasteiger charge is 1.84. The van der Waals surface area contributed by atoms with E-state index in [0.29, 0.717) is 6.21 Å². The summed E-state index contributed by atoms with van der Waals surface area (Å²) in [6, 6.07) is 1.61. The van der Waals surface area contributed by atoms with Crippen molar-refractivity contribution in [3.63, 3.8) is 0 Å². The molecule has 5 heteroatoms. The smallest absolute Gasteiger partial charge is 0.350 e. The third kappa shape index (κ3) is 6.43. The van der Waals surface area contributed by atoms with Gasteiger partial charge in [0.25, 0.3) is 0 Å². The van der Waals surface area contributed by atoms with Crippen LogP contribution in [0.2, 0.25) is 0 Å². The third-order valence-corrected chi connectivity index (χ3v) is 0.367. The number of rotatable bonds is 3. The minimum Gasteiger partial charge on any atom is -0.477 e. The van der Waals surface area contributed by atoms with E-state index in [-0.39, 0.29) is 6.61 Å². The summed E-state index contributed by atoms with van der Waals surface area (Å²) >= 11 is 0. The minimum atomic E-state index is -1.20. The van der Waals surface area contributed by atoms with E-state index in [4.69, 9.17) is 10.4 Å². The predicted molar refractivity (Wildman–Crippen MR) is 27.7 cm³/mol. The van der Waals surface area contributed by atoms with E-state index in [1.54, 1.807) is 6.07 Å². The zero-order chi connectivity index (χ0) is 7.11. The van der Waals surface area contributed by atoms with Crippen LogP contribution in [0.3, 0.4) is 0 Å². The molecule has 0 radical (unpaired) electrons. The van der Waals surface area contributed by atoms with E-state index >= 15 is 0 Å². The summed E-state index contributed by atoms with van der Waals surface area (Å²) in [4.78, 5) is 13.8. The Balaban J connectivity index is 3.28. The first-order valence-electron chi connectivity index (χ1n) is 2.02. The van der Waals surface area contributed by atoms with Crippen molar-refractivity contribution in [3.05, 3.63) is 0 Å². The molecule has 0 aliphatic heterocycles. The summed E-state index contributed by atoms with van der Waals surface area (Å²) in [5.41, 5.74) is 0. The first-order valence-corrected chi connectivity index (χ1v) is 2.02. The Hall–Kier alpha value is -1.57. The molecule has 0 aliphatic carbocycles. The van der Waals surface area contributed by atoms with Gasteiger partial charge >= 0.3 is 5.97 Å². The van der Waals surface area contributed by atoms with Gasteiger partial charge in [-0.25, -0.2) is 4.79 Å².